The van der Waals surface area contributed by atoms with Gasteiger partial charge in [-0.25, -0.2) is 4.98 Å². The maximum atomic E-state index is 5.72. The maximum Gasteiger partial charge on any atom is 0.131 e. The fourth-order valence-electron chi connectivity index (χ4n) is 2.42. The summed E-state index contributed by atoms with van der Waals surface area (Å²) in [5.74, 6) is 1.06. The summed E-state index contributed by atoms with van der Waals surface area (Å²) in [6.07, 6.45) is 1.74. The van der Waals surface area contributed by atoms with Crippen LogP contribution >= 0.6 is 0 Å². The van der Waals surface area contributed by atoms with E-state index in [0.717, 1.165) is 30.2 Å². The van der Waals surface area contributed by atoms with Gasteiger partial charge in [-0.2, -0.15) is 0 Å². The summed E-state index contributed by atoms with van der Waals surface area (Å²) < 4.78 is 0. The molecule has 2 unspecified atom stereocenters. The number of nitrogens with two attached hydrogens (primary N) is 1. The monoisotopic (exact) mass is 220 g/mol. The first-order chi connectivity index (χ1) is 7.56. The third-order valence-corrected chi connectivity index (χ3v) is 2.93. The van der Waals surface area contributed by atoms with Gasteiger partial charge < -0.3 is 16.0 Å². The molecule has 3 N–H and O–H groups in total. The SMILES string of the molecule is Cc1cc(N)cnc1N1CC(C)NC(C)C1. The highest BCUT2D eigenvalue weighted by molar-refractivity contribution is 5.53. The lowest BCUT2D eigenvalue weighted by atomic mass is 10.1. The van der Waals surface area contributed by atoms with Crippen LogP contribution in [0.5, 0.6) is 0 Å². The third kappa shape index (κ3) is 2.27. The van der Waals surface area contributed by atoms with Gasteiger partial charge in [0.25, 0.3) is 0 Å². The van der Waals surface area contributed by atoms with Crippen molar-refractivity contribution in [2.24, 2.45) is 0 Å². The van der Waals surface area contributed by atoms with E-state index in [-0.39, 0.29) is 0 Å². The van der Waals surface area contributed by atoms with Crippen LogP contribution in [-0.4, -0.2) is 30.2 Å². The number of nitrogen functional groups attached to an aromatic ring is 1. The molecular formula is C12H20N4. The molecule has 0 aliphatic carbocycles. The number of piperazine rings is 1. The Kier molecular flexibility index (Phi) is 3.01. The second-order valence-electron chi connectivity index (χ2n) is 4.78. The van der Waals surface area contributed by atoms with Crippen LogP contribution in [-0.2, 0) is 0 Å². The number of aromatic nitrogens is 1. The largest absolute Gasteiger partial charge is 0.397 e. The Balaban J connectivity index is 2.23. The molecule has 2 atom stereocenters. The summed E-state index contributed by atoms with van der Waals surface area (Å²) in [7, 11) is 0. The highest BCUT2D eigenvalue weighted by Gasteiger charge is 2.22. The molecule has 1 fully saturated rings. The molecule has 1 aromatic heterocycles. The minimum absolute atomic E-state index is 0.502. The maximum absolute atomic E-state index is 5.72. The predicted octanol–water partition coefficient (Wildman–Crippen LogP) is 1.16. The van der Waals surface area contributed by atoms with Crippen LogP contribution < -0.4 is 16.0 Å². The molecule has 4 nitrogen and oxygen atoms in total. The lowest BCUT2D eigenvalue weighted by Crippen LogP contribution is -2.54. The topological polar surface area (TPSA) is 54.2 Å². The van der Waals surface area contributed by atoms with Crippen LogP contribution in [0.1, 0.15) is 19.4 Å². The number of aryl methyl sites for hydroxylation is 1. The van der Waals surface area contributed by atoms with E-state index in [9.17, 15) is 0 Å². The Labute approximate surface area is 96.8 Å². The summed E-state index contributed by atoms with van der Waals surface area (Å²) in [5.41, 5.74) is 7.61. The summed E-state index contributed by atoms with van der Waals surface area (Å²) in [5, 5.41) is 3.52. The molecule has 16 heavy (non-hydrogen) atoms. The van der Waals surface area contributed by atoms with Gasteiger partial charge in [0.1, 0.15) is 5.82 Å². The molecule has 0 spiro atoms. The molecule has 2 rings (SSSR count). The molecule has 2 heterocycles. The smallest absolute Gasteiger partial charge is 0.131 e. The van der Waals surface area contributed by atoms with Gasteiger partial charge in [0.05, 0.1) is 11.9 Å². The molecule has 1 aromatic rings. The zero-order chi connectivity index (χ0) is 11.7. The highest BCUT2D eigenvalue weighted by atomic mass is 15.3. The van der Waals surface area contributed by atoms with Crippen LogP contribution in [0.25, 0.3) is 0 Å². The number of hydrogen-bond donors (Lipinski definition) is 2. The molecule has 1 aliphatic rings. The molecule has 88 valence electrons. The van der Waals surface area contributed by atoms with Crippen molar-refractivity contribution in [3.8, 4) is 0 Å². The van der Waals surface area contributed by atoms with E-state index in [1.807, 2.05) is 6.07 Å². The van der Waals surface area contributed by atoms with Crippen LogP contribution in [0.4, 0.5) is 11.5 Å². The van der Waals surface area contributed by atoms with Gasteiger partial charge in [-0.15, -0.1) is 0 Å². The minimum Gasteiger partial charge on any atom is -0.397 e. The van der Waals surface area contributed by atoms with Crippen molar-refractivity contribution in [2.75, 3.05) is 23.7 Å². The standard InChI is InChI=1S/C12H20N4/c1-8-4-11(13)5-14-12(8)16-6-9(2)15-10(3)7-16/h4-5,9-10,15H,6-7,13H2,1-3H3. The second-order valence-corrected chi connectivity index (χ2v) is 4.78. The molecule has 0 saturated carbocycles. The van der Waals surface area contributed by atoms with Crippen LogP contribution in [0.3, 0.4) is 0 Å². The van der Waals surface area contributed by atoms with E-state index in [0.29, 0.717) is 12.1 Å². The van der Waals surface area contributed by atoms with E-state index in [1.54, 1.807) is 6.20 Å². The quantitative estimate of drug-likeness (QED) is 0.745. The predicted molar refractivity (Wildman–Crippen MR) is 67.7 cm³/mol. The first-order valence-corrected chi connectivity index (χ1v) is 5.79. The Hall–Kier alpha value is -1.29. The molecule has 0 radical (unpaired) electrons. The van der Waals surface area contributed by atoms with E-state index in [2.05, 4.69) is 36.0 Å². The van der Waals surface area contributed by atoms with E-state index in [1.165, 1.54) is 0 Å². The van der Waals surface area contributed by atoms with Crippen LogP contribution in [0.2, 0.25) is 0 Å². The Morgan fingerprint density at radius 3 is 2.56 bits per heavy atom. The summed E-state index contributed by atoms with van der Waals surface area (Å²) in [6.45, 7) is 8.48. The molecule has 0 aromatic carbocycles. The number of anilines is 2. The number of nitrogens with one attached hydrogen (secondary N) is 1. The zero-order valence-electron chi connectivity index (χ0n) is 10.2. The number of pyridine rings is 1. The summed E-state index contributed by atoms with van der Waals surface area (Å²) >= 11 is 0. The van der Waals surface area contributed by atoms with Crippen molar-refractivity contribution in [2.45, 2.75) is 32.9 Å². The molecule has 4 heteroatoms. The van der Waals surface area contributed by atoms with E-state index < -0.39 is 0 Å². The molecule has 0 amide bonds. The molecule has 1 aliphatic heterocycles. The average Bonchev–Trinajstić information content (AvgIpc) is 2.15. The van der Waals surface area contributed by atoms with Crippen molar-refractivity contribution in [1.82, 2.24) is 10.3 Å². The normalized spacial score (nSPS) is 25.8. The van der Waals surface area contributed by atoms with Crippen molar-refractivity contribution in [3.63, 3.8) is 0 Å². The molecule has 1 saturated heterocycles. The molecular weight excluding hydrogens is 200 g/mol. The van der Waals surface area contributed by atoms with Crippen molar-refractivity contribution < 1.29 is 0 Å². The van der Waals surface area contributed by atoms with Crippen molar-refractivity contribution in [3.05, 3.63) is 17.8 Å². The van der Waals surface area contributed by atoms with Gasteiger partial charge in [-0.3, -0.25) is 0 Å². The first-order valence-electron chi connectivity index (χ1n) is 5.79. The fourth-order valence-corrected chi connectivity index (χ4v) is 2.42. The Bertz CT molecular complexity index is 367. The van der Waals surface area contributed by atoms with E-state index >= 15 is 0 Å². The van der Waals surface area contributed by atoms with Crippen LogP contribution in [0, 0.1) is 6.92 Å². The minimum atomic E-state index is 0.502. The van der Waals surface area contributed by atoms with Gasteiger partial charge in [-0.1, -0.05) is 0 Å². The molecule has 0 bridgehead atoms. The first kappa shape index (κ1) is 11.2. The lowest BCUT2D eigenvalue weighted by molar-refractivity contribution is 0.405. The highest BCUT2D eigenvalue weighted by Crippen LogP contribution is 2.21. The van der Waals surface area contributed by atoms with Gasteiger partial charge in [-0.05, 0) is 32.4 Å². The van der Waals surface area contributed by atoms with E-state index in [4.69, 9.17) is 5.73 Å². The number of nitrogens with zero attached hydrogens (tertiary/aromatic N) is 2. The van der Waals surface area contributed by atoms with Crippen molar-refractivity contribution in [1.29, 1.82) is 0 Å². The summed E-state index contributed by atoms with van der Waals surface area (Å²) in [4.78, 5) is 6.78. The number of rotatable bonds is 1. The fraction of sp³-hybridized carbons (Fsp3) is 0.583. The third-order valence-electron chi connectivity index (χ3n) is 2.93. The Morgan fingerprint density at radius 2 is 2.00 bits per heavy atom. The van der Waals surface area contributed by atoms with Crippen molar-refractivity contribution >= 4 is 11.5 Å². The van der Waals surface area contributed by atoms with Gasteiger partial charge in [0.2, 0.25) is 0 Å². The van der Waals surface area contributed by atoms with Gasteiger partial charge in [0, 0.05) is 25.2 Å². The Morgan fingerprint density at radius 1 is 1.38 bits per heavy atom. The zero-order valence-corrected chi connectivity index (χ0v) is 10.2. The average molecular weight is 220 g/mol. The second kappa shape index (κ2) is 4.29. The lowest BCUT2D eigenvalue weighted by Gasteiger charge is -2.37. The van der Waals surface area contributed by atoms with Gasteiger partial charge >= 0.3 is 0 Å². The summed E-state index contributed by atoms with van der Waals surface area (Å²) in [6, 6.07) is 2.99. The van der Waals surface area contributed by atoms with Crippen LogP contribution in [0.15, 0.2) is 12.3 Å². The van der Waals surface area contributed by atoms with Gasteiger partial charge in [0.15, 0.2) is 0 Å². The number of hydrogen-bond acceptors (Lipinski definition) is 4.